The third-order valence-corrected chi connectivity index (χ3v) is 4.66. The van der Waals surface area contributed by atoms with Crippen LogP contribution in [-0.2, 0) is 11.2 Å². The second-order valence-electron chi connectivity index (χ2n) is 5.31. The summed E-state index contributed by atoms with van der Waals surface area (Å²) in [6, 6.07) is 12.7. The van der Waals surface area contributed by atoms with Crippen molar-refractivity contribution in [3.63, 3.8) is 0 Å². The number of amides is 1. The van der Waals surface area contributed by atoms with Crippen molar-refractivity contribution in [2.45, 2.75) is 12.8 Å². The van der Waals surface area contributed by atoms with Gasteiger partial charge in [-0.15, -0.1) is 0 Å². The molecule has 3 aromatic rings. The Balaban J connectivity index is 1.58. The summed E-state index contributed by atoms with van der Waals surface area (Å²) in [6.07, 6.45) is 2.31. The highest BCUT2D eigenvalue weighted by atomic mass is 79.9. The number of rotatable bonds is 5. The number of oxazole rings is 1. The Morgan fingerprint density at radius 1 is 1.16 bits per heavy atom. The molecule has 0 radical (unpaired) electrons. The van der Waals surface area contributed by atoms with E-state index >= 15 is 0 Å². The maximum absolute atomic E-state index is 12.0. The molecule has 25 heavy (non-hydrogen) atoms. The van der Waals surface area contributed by atoms with Gasteiger partial charge in [0.05, 0.1) is 16.2 Å². The highest BCUT2D eigenvalue weighted by Crippen LogP contribution is 2.26. The van der Waals surface area contributed by atoms with Gasteiger partial charge in [-0.05, 0) is 30.3 Å². The van der Waals surface area contributed by atoms with E-state index in [4.69, 9.17) is 27.6 Å². The first-order valence-electron chi connectivity index (χ1n) is 7.47. The van der Waals surface area contributed by atoms with Gasteiger partial charge in [0.15, 0.2) is 11.7 Å². The normalized spacial score (nSPS) is 10.7. The lowest BCUT2D eigenvalue weighted by Gasteiger charge is -2.05. The summed E-state index contributed by atoms with van der Waals surface area (Å²) < 4.78 is 6.67. The van der Waals surface area contributed by atoms with Crippen LogP contribution in [0.25, 0.3) is 11.3 Å². The average Bonchev–Trinajstić information content (AvgIpc) is 3.05. The predicted octanol–water partition coefficient (Wildman–Crippen LogP) is 5.98. The number of nitrogens with zero attached hydrogens (tertiary/aromatic N) is 1. The number of benzene rings is 2. The van der Waals surface area contributed by atoms with Crippen molar-refractivity contribution in [2.24, 2.45) is 0 Å². The maximum Gasteiger partial charge on any atom is 0.224 e. The fraction of sp³-hybridized carbons (Fsp3) is 0.111. The van der Waals surface area contributed by atoms with Crippen LogP contribution in [0.15, 0.2) is 57.6 Å². The molecule has 1 heterocycles. The number of anilines is 1. The molecule has 0 aliphatic carbocycles. The minimum Gasteiger partial charge on any atom is -0.441 e. The molecule has 1 amide bonds. The molecule has 1 N–H and O–H groups in total. The Hall–Kier alpha value is -1.82. The zero-order chi connectivity index (χ0) is 17.8. The van der Waals surface area contributed by atoms with E-state index in [9.17, 15) is 4.79 Å². The van der Waals surface area contributed by atoms with E-state index in [1.54, 1.807) is 24.4 Å². The molecule has 0 fully saturated rings. The number of aryl methyl sites for hydroxylation is 1. The Kier molecular flexibility index (Phi) is 5.78. The minimum absolute atomic E-state index is 0.152. The lowest BCUT2D eigenvalue weighted by molar-refractivity contribution is -0.116. The van der Waals surface area contributed by atoms with Crippen LogP contribution in [0, 0.1) is 0 Å². The van der Waals surface area contributed by atoms with Crippen molar-refractivity contribution in [1.82, 2.24) is 4.98 Å². The topological polar surface area (TPSA) is 55.1 Å². The van der Waals surface area contributed by atoms with E-state index in [2.05, 4.69) is 26.2 Å². The number of hydrogen-bond acceptors (Lipinski definition) is 3. The van der Waals surface area contributed by atoms with Gasteiger partial charge in [-0.2, -0.15) is 0 Å². The van der Waals surface area contributed by atoms with Crippen molar-refractivity contribution in [1.29, 1.82) is 0 Å². The lowest BCUT2D eigenvalue weighted by atomic mass is 10.2. The quantitative estimate of drug-likeness (QED) is 0.531. The van der Waals surface area contributed by atoms with Gasteiger partial charge < -0.3 is 9.73 Å². The molecule has 7 heteroatoms. The van der Waals surface area contributed by atoms with Gasteiger partial charge >= 0.3 is 0 Å². The summed E-state index contributed by atoms with van der Waals surface area (Å²) >= 11 is 15.2. The van der Waals surface area contributed by atoms with E-state index in [-0.39, 0.29) is 12.3 Å². The van der Waals surface area contributed by atoms with Gasteiger partial charge in [0.1, 0.15) is 0 Å². The van der Waals surface area contributed by atoms with Gasteiger partial charge in [0, 0.05) is 28.6 Å². The van der Waals surface area contributed by atoms with Crippen LogP contribution in [0.4, 0.5) is 5.69 Å². The fourth-order valence-electron chi connectivity index (χ4n) is 2.22. The Morgan fingerprint density at radius 3 is 2.76 bits per heavy atom. The largest absolute Gasteiger partial charge is 0.441 e. The summed E-state index contributed by atoms with van der Waals surface area (Å²) in [7, 11) is 0. The smallest absolute Gasteiger partial charge is 0.224 e. The average molecular weight is 440 g/mol. The van der Waals surface area contributed by atoms with E-state index in [1.165, 1.54) is 0 Å². The number of carbonyl (C=O) groups excluding carboxylic acids is 1. The number of carbonyl (C=O) groups is 1. The van der Waals surface area contributed by atoms with Crippen LogP contribution < -0.4 is 5.32 Å². The Morgan fingerprint density at radius 2 is 2.00 bits per heavy atom. The van der Waals surface area contributed by atoms with Crippen molar-refractivity contribution >= 4 is 50.7 Å². The monoisotopic (exact) mass is 438 g/mol. The Labute approximate surface area is 163 Å². The molecule has 0 spiro atoms. The van der Waals surface area contributed by atoms with Gasteiger partial charge in [0.25, 0.3) is 0 Å². The molecular weight excluding hydrogens is 427 g/mol. The highest BCUT2D eigenvalue weighted by Gasteiger charge is 2.10. The van der Waals surface area contributed by atoms with E-state index in [0.29, 0.717) is 33.8 Å². The van der Waals surface area contributed by atoms with Crippen LogP contribution in [0.2, 0.25) is 10.0 Å². The number of nitrogens with one attached hydrogen (secondary N) is 1. The Bertz CT molecular complexity index is 912. The van der Waals surface area contributed by atoms with Gasteiger partial charge in [0.2, 0.25) is 5.91 Å². The molecule has 0 atom stereocenters. The first-order valence-corrected chi connectivity index (χ1v) is 9.02. The van der Waals surface area contributed by atoms with E-state index in [1.807, 2.05) is 24.3 Å². The highest BCUT2D eigenvalue weighted by molar-refractivity contribution is 9.10. The van der Waals surface area contributed by atoms with Crippen molar-refractivity contribution in [3.8, 4) is 11.3 Å². The third kappa shape index (κ3) is 4.84. The van der Waals surface area contributed by atoms with E-state index in [0.717, 1.165) is 10.0 Å². The minimum atomic E-state index is -0.152. The lowest BCUT2D eigenvalue weighted by Crippen LogP contribution is -2.12. The van der Waals surface area contributed by atoms with Gasteiger partial charge in [-0.25, -0.2) is 4.98 Å². The number of aromatic nitrogens is 1. The van der Waals surface area contributed by atoms with Crippen molar-refractivity contribution in [2.75, 3.05) is 5.32 Å². The van der Waals surface area contributed by atoms with Crippen LogP contribution in [-0.4, -0.2) is 10.9 Å². The summed E-state index contributed by atoms with van der Waals surface area (Å²) in [6.45, 7) is 0. The molecule has 128 valence electrons. The molecule has 0 aliphatic rings. The molecule has 0 saturated heterocycles. The van der Waals surface area contributed by atoms with E-state index < -0.39 is 0 Å². The molecule has 0 bridgehead atoms. The second kappa shape index (κ2) is 8.04. The molecule has 2 aromatic carbocycles. The molecule has 0 aliphatic heterocycles. The first-order chi connectivity index (χ1) is 12.0. The summed E-state index contributed by atoms with van der Waals surface area (Å²) in [5.41, 5.74) is 1.52. The first kappa shape index (κ1) is 18.0. The number of hydrogen-bond donors (Lipinski definition) is 1. The van der Waals surface area contributed by atoms with Crippen LogP contribution >= 0.6 is 39.1 Å². The molecule has 0 saturated carbocycles. The summed E-state index contributed by atoms with van der Waals surface area (Å²) in [4.78, 5) is 16.3. The maximum atomic E-state index is 12.0. The van der Waals surface area contributed by atoms with Gasteiger partial charge in [-0.3, -0.25) is 4.79 Å². The predicted molar refractivity (Wildman–Crippen MR) is 103 cm³/mol. The second-order valence-corrected chi connectivity index (χ2v) is 7.04. The van der Waals surface area contributed by atoms with Crippen LogP contribution in [0.1, 0.15) is 12.3 Å². The van der Waals surface area contributed by atoms with Crippen molar-refractivity contribution < 1.29 is 9.21 Å². The zero-order valence-electron chi connectivity index (χ0n) is 12.9. The standard InChI is InChI=1S/C18H13BrCl2N2O2/c19-12-3-1-2-11(8-12)16-10-22-18(25-16)7-6-17(24)23-13-4-5-14(20)15(21)9-13/h1-5,8-10H,6-7H2,(H,23,24). The van der Waals surface area contributed by atoms with Crippen LogP contribution in [0.3, 0.4) is 0 Å². The number of halogens is 3. The van der Waals surface area contributed by atoms with Crippen molar-refractivity contribution in [3.05, 3.63) is 69.1 Å². The molecule has 1 aromatic heterocycles. The SMILES string of the molecule is O=C(CCc1ncc(-c2cccc(Br)c2)o1)Nc1ccc(Cl)c(Cl)c1. The van der Waals surface area contributed by atoms with Crippen LogP contribution in [0.5, 0.6) is 0 Å². The molecule has 3 rings (SSSR count). The molecule has 0 unspecified atom stereocenters. The molecular formula is C18H13BrCl2N2O2. The van der Waals surface area contributed by atoms with Gasteiger partial charge in [-0.1, -0.05) is 51.3 Å². The summed E-state index contributed by atoms with van der Waals surface area (Å²) in [5, 5.41) is 3.61. The third-order valence-electron chi connectivity index (χ3n) is 3.43. The molecule has 4 nitrogen and oxygen atoms in total. The fourth-order valence-corrected chi connectivity index (χ4v) is 2.92. The summed E-state index contributed by atoms with van der Waals surface area (Å²) in [5.74, 6) is 1.03. The zero-order valence-corrected chi connectivity index (χ0v) is 16.0.